The summed E-state index contributed by atoms with van der Waals surface area (Å²) in [5.41, 5.74) is 7.54. The maximum absolute atomic E-state index is 13.3. The number of carboxylic acid groups (broad SMARTS) is 1. The quantitative estimate of drug-likeness (QED) is 0.344. The molecule has 2 aromatic rings. The average Bonchev–Trinajstić information content (AvgIpc) is 2.71. The topological polar surface area (TPSA) is 166 Å². The molecule has 0 aromatic heterocycles. The standard InChI is InChI=1S/C21H24FN3O7/c1-10(26)24-15-7-6-13(8-14(15)23)25(9-11-2-4-12(22)5-3-11)19-18(28)17(27)16(20(29)30)21(31)32-19/h2-8,16-19,21,27-28,31H,9,23H2,1H3,(H,24,26)(H,29,30). The second-order valence-corrected chi connectivity index (χ2v) is 7.47. The number of hydrogen-bond donors (Lipinski definition) is 6. The minimum absolute atomic E-state index is 0.0259. The van der Waals surface area contributed by atoms with Gasteiger partial charge in [0.05, 0.1) is 11.4 Å². The maximum Gasteiger partial charge on any atom is 0.314 e. The zero-order valence-corrected chi connectivity index (χ0v) is 17.1. The van der Waals surface area contributed by atoms with Gasteiger partial charge in [-0.05, 0) is 35.9 Å². The fraction of sp³-hybridized carbons (Fsp3) is 0.333. The summed E-state index contributed by atoms with van der Waals surface area (Å²) in [6, 6.07) is 10.0. The van der Waals surface area contributed by atoms with Crippen LogP contribution in [0, 0.1) is 11.7 Å². The molecular formula is C21H24FN3O7. The summed E-state index contributed by atoms with van der Waals surface area (Å²) in [5.74, 6) is -4.06. The van der Waals surface area contributed by atoms with Crippen LogP contribution >= 0.6 is 0 Å². The second-order valence-electron chi connectivity index (χ2n) is 7.47. The molecular weight excluding hydrogens is 425 g/mol. The van der Waals surface area contributed by atoms with Gasteiger partial charge in [0.1, 0.15) is 23.9 Å². The summed E-state index contributed by atoms with van der Waals surface area (Å²) in [7, 11) is 0. The number of aliphatic hydroxyl groups is 3. The van der Waals surface area contributed by atoms with Crippen LogP contribution in [0.15, 0.2) is 42.5 Å². The first-order valence-electron chi connectivity index (χ1n) is 9.69. The number of aliphatic hydroxyl groups excluding tert-OH is 3. The number of nitrogen functional groups attached to an aromatic ring is 1. The van der Waals surface area contributed by atoms with Crippen LogP contribution in [-0.2, 0) is 20.9 Å². The van der Waals surface area contributed by atoms with Crippen molar-refractivity contribution < 1.29 is 39.1 Å². The van der Waals surface area contributed by atoms with Crippen LogP contribution in [0.5, 0.6) is 0 Å². The zero-order chi connectivity index (χ0) is 23.6. The molecule has 172 valence electrons. The third-order valence-electron chi connectivity index (χ3n) is 5.13. The smallest absolute Gasteiger partial charge is 0.314 e. The van der Waals surface area contributed by atoms with Crippen molar-refractivity contribution in [2.24, 2.45) is 5.92 Å². The Morgan fingerprint density at radius 2 is 1.78 bits per heavy atom. The van der Waals surface area contributed by atoms with Gasteiger partial charge in [-0.2, -0.15) is 0 Å². The molecule has 1 heterocycles. The van der Waals surface area contributed by atoms with Crippen LogP contribution in [0.1, 0.15) is 12.5 Å². The number of benzene rings is 2. The molecule has 3 rings (SSSR count). The van der Waals surface area contributed by atoms with Crippen LogP contribution < -0.4 is 16.0 Å². The molecule has 11 heteroatoms. The highest BCUT2D eigenvalue weighted by Crippen LogP contribution is 2.33. The molecule has 5 atom stereocenters. The van der Waals surface area contributed by atoms with Crippen molar-refractivity contribution in [3.8, 4) is 0 Å². The van der Waals surface area contributed by atoms with E-state index in [-0.39, 0.29) is 18.1 Å². The molecule has 32 heavy (non-hydrogen) atoms. The van der Waals surface area contributed by atoms with Gasteiger partial charge >= 0.3 is 5.97 Å². The van der Waals surface area contributed by atoms with Crippen LogP contribution in [0.2, 0.25) is 0 Å². The molecule has 7 N–H and O–H groups in total. The Kier molecular flexibility index (Phi) is 6.94. The summed E-state index contributed by atoms with van der Waals surface area (Å²) in [6.07, 6.45) is -6.81. The lowest BCUT2D eigenvalue weighted by molar-refractivity contribution is -0.263. The van der Waals surface area contributed by atoms with Gasteiger partial charge in [0, 0.05) is 19.2 Å². The monoisotopic (exact) mass is 449 g/mol. The van der Waals surface area contributed by atoms with Gasteiger partial charge in [0.2, 0.25) is 5.91 Å². The number of anilines is 3. The van der Waals surface area contributed by atoms with Gasteiger partial charge in [-0.15, -0.1) is 0 Å². The third kappa shape index (κ3) is 4.97. The van der Waals surface area contributed by atoms with Crippen molar-refractivity contribution in [3.05, 3.63) is 53.8 Å². The first-order chi connectivity index (χ1) is 15.1. The molecule has 0 spiro atoms. The fourth-order valence-corrected chi connectivity index (χ4v) is 3.53. The van der Waals surface area contributed by atoms with Gasteiger partial charge in [-0.25, -0.2) is 4.39 Å². The number of hydrogen-bond acceptors (Lipinski definition) is 8. The molecule has 1 amide bonds. The molecule has 2 aromatic carbocycles. The molecule has 0 bridgehead atoms. The molecule has 0 saturated carbocycles. The molecule has 0 aliphatic carbocycles. The van der Waals surface area contributed by atoms with E-state index in [1.165, 1.54) is 48.2 Å². The van der Waals surface area contributed by atoms with E-state index in [0.29, 0.717) is 16.9 Å². The average molecular weight is 449 g/mol. The van der Waals surface area contributed by atoms with E-state index in [4.69, 9.17) is 10.5 Å². The first-order valence-corrected chi connectivity index (χ1v) is 9.69. The van der Waals surface area contributed by atoms with Gasteiger partial charge < -0.3 is 41.1 Å². The van der Waals surface area contributed by atoms with E-state index >= 15 is 0 Å². The van der Waals surface area contributed by atoms with Gasteiger partial charge in [0.25, 0.3) is 0 Å². The fourth-order valence-electron chi connectivity index (χ4n) is 3.53. The van der Waals surface area contributed by atoms with Gasteiger partial charge in [-0.1, -0.05) is 12.1 Å². The largest absolute Gasteiger partial charge is 0.481 e. The first kappa shape index (κ1) is 23.4. The van der Waals surface area contributed by atoms with Crippen LogP contribution in [0.3, 0.4) is 0 Å². The van der Waals surface area contributed by atoms with Crippen molar-refractivity contribution >= 4 is 28.9 Å². The van der Waals surface area contributed by atoms with Crippen LogP contribution in [0.25, 0.3) is 0 Å². The molecule has 1 aliphatic heterocycles. The van der Waals surface area contributed by atoms with Crippen molar-refractivity contribution in [1.82, 2.24) is 0 Å². The SMILES string of the molecule is CC(=O)Nc1ccc(N(Cc2ccc(F)cc2)C2OC(O)C(C(=O)O)C(O)C2O)cc1N. The van der Waals surface area contributed by atoms with Crippen molar-refractivity contribution in [2.75, 3.05) is 16.0 Å². The number of carboxylic acids is 1. The van der Waals surface area contributed by atoms with Crippen molar-refractivity contribution in [3.63, 3.8) is 0 Å². The van der Waals surface area contributed by atoms with Crippen LogP contribution in [-0.4, -0.2) is 57.0 Å². The van der Waals surface area contributed by atoms with E-state index in [0.717, 1.165) is 0 Å². The Morgan fingerprint density at radius 3 is 2.34 bits per heavy atom. The number of amides is 1. The highest BCUT2D eigenvalue weighted by Gasteiger charge is 2.49. The minimum atomic E-state index is -1.90. The second kappa shape index (κ2) is 9.49. The van der Waals surface area contributed by atoms with E-state index in [9.17, 15) is 34.4 Å². The lowest BCUT2D eigenvalue weighted by Crippen LogP contribution is -2.62. The lowest BCUT2D eigenvalue weighted by atomic mass is 9.92. The van der Waals surface area contributed by atoms with E-state index in [1.807, 2.05) is 0 Å². The number of halogens is 1. The molecule has 1 aliphatic rings. The third-order valence-corrected chi connectivity index (χ3v) is 5.13. The Balaban J connectivity index is 1.99. The van der Waals surface area contributed by atoms with Gasteiger partial charge in [-0.3, -0.25) is 9.59 Å². The molecule has 1 fully saturated rings. The Bertz CT molecular complexity index is 988. The highest BCUT2D eigenvalue weighted by atomic mass is 19.1. The molecule has 1 saturated heterocycles. The van der Waals surface area contributed by atoms with E-state index in [2.05, 4.69) is 5.32 Å². The zero-order valence-electron chi connectivity index (χ0n) is 17.1. The summed E-state index contributed by atoms with van der Waals surface area (Å²) >= 11 is 0. The lowest BCUT2D eigenvalue weighted by Gasteiger charge is -2.44. The predicted octanol–water partition coefficient (Wildman–Crippen LogP) is 0.470. The maximum atomic E-state index is 13.3. The summed E-state index contributed by atoms with van der Waals surface area (Å²) in [5, 5.41) is 42.9. The number of nitrogens with zero attached hydrogens (tertiary/aromatic N) is 1. The Hall–Kier alpha value is -3.25. The number of nitrogens with two attached hydrogens (primary N) is 1. The van der Waals surface area contributed by atoms with Crippen LogP contribution in [0.4, 0.5) is 21.5 Å². The number of carbonyl (C=O) groups excluding carboxylic acids is 1. The predicted molar refractivity (Wildman–Crippen MR) is 112 cm³/mol. The van der Waals surface area contributed by atoms with E-state index in [1.54, 1.807) is 6.07 Å². The Morgan fingerprint density at radius 1 is 1.12 bits per heavy atom. The normalized spacial score (nSPS) is 25.2. The number of ether oxygens (including phenoxy) is 1. The number of aliphatic carboxylic acids is 1. The molecule has 10 nitrogen and oxygen atoms in total. The minimum Gasteiger partial charge on any atom is -0.481 e. The highest BCUT2D eigenvalue weighted by molar-refractivity contribution is 5.92. The Labute approximate surface area is 182 Å². The summed E-state index contributed by atoms with van der Waals surface area (Å²) in [6.45, 7) is 1.35. The van der Waals surface area contributed by atoms with Crippen molar-refractivity contribution in [2.45, 2.75) is 38.2 Å². The molecule has 5 unspecified atom stereocenters. The number of nitrogens with one attached hydrogen (secondary N) is 1. The van der Waals surface area contributed by atoms with Gasteiger partial charge in [0.15, 0.2) is 12.5 Å². The van der Waals surface area contributed by atoms with Crippen molar-refractivity contribution in [1.29, 1.82) is 0 Å². The molecule has 0 radical (unpaired) electrons. The number of carbonyl (C=O) groups is 2. The number of rotatable bonds is 6. The summed E-state index contributed by atoms with van der Waals surface area (Å²) in [4.78, 5) is 24.1. The summed E-state index contributed by atoms with van der Waals surface area (Å²) < 4.78 is 18.7. The van der Waals surface area contributed by atoms with E-state index < -0.39 is 42.4 Å².